The Bertz CT molecular complexity index is 94.9. The van der Waals surface area contributed by atoms with Gasteiger partial charge < -0.3 is 0 Å². The third-order valence-electron chi connectivity index (χ3n) is 0.829. The fourth-order valence-electron chi connectivity index (χ4n) is 0.467. The molecule has 0 spiro atoms. The first kappa shape index (κ1) is 5.21. The molecule has 2 atom stereocenters. The van der Waals surface area contributed by atoms with Gasteiger partial charge in [0.15, 0.2) is 11.2 Å². The van der Waals surface area contributed by atoms with Gasteiger partial charge in [0.05, 0.1) is 0 Å². The van der Waals surface area contributed by atoms with E-state index in [-0.39, 0.29) is 0 Å². The molecule has 0 saturated carbocycles. The molecule has 4 heteroatoms. The number of rotatable bonds is 0. The first-order valence-electron chi connectivity index (χ1n) is 2.20. The summed E-state index contributed by atoms with van der Waals surface area (Å²) < 4.78 is 15.9. The minimum atomic E-state index is -0.953. The van der Waals surface area contributed by atoms with Crippen LogP contribution in [0.4, 0.5) is 0 Å². The average Bonchev–Trinajstić information content (AvgIpc) is 1.87. The second-order valence-corrected chi connectivity index (χ2v) is 2.70. The lowest BCUT2D eigenvalue weighted by Gasteiger charge is -1.91. The molecule has 2 unspecified atom stereocenters. The first-order valence-corrected chi connectivity index (χ1v) is 3.35. The standard InChI is InChI=1S/C3H8N2OS/c1-3-2-4-7(6)5-3/h3-5H,2H2,1H3. The number of nitrogens with one attached hydrogen (secondary N) is 2. The molecule has 3 nitrogen and oxygen atoms in total. The molecular formula is C3H8N2OS. The minimum absolute atomic E-state index is 0.362. The molecule has 0 bridgehead atoms. The lowest BCUT2D eigenvalue weighted by atomic mass is 10.4. The molecule has 1 heterocycles. The van der Waals surface area contributed by atoms with E-state index in [9.17, 15) is 4.21 Å². The summed E-state index contributed by atoms with van der Waals surface area (Å²) >= 11 is -0.953. The summed E-state index contributed by atoms with van der Waals surface area (Å²) in [6.45, 7) is 2.80. The summed E-state index contributed by atoms with van der Waals surface area (Å²) in [6, 6.07) is 0.362. The molecule has 1 fully saturated rings. The fourth-order valence-corrected chi connectivity index (χ4v) is 1.40. The van der Waals surface area contributed by atoms with E-state index in [1.54, 1.807) is 0 Å². The molecule has 1 aliphatic rings. The molecule has 1 aliphatic heterocycles. The third-order valence-corrected chi connectivity index (χ3v) is 1.87. The second kappa shape index (κ2) is 1.90. The zero-order chi connectivity index (χ0) is 5.28. The van der Waals surface area contributed by atoms with E-state index < -0.39 is 11.2 Å². The Morgan fingerprint density at radius 1 is 1.86 bits per heavy atom. The number of hydrogen-bond donors (Lipinski definition) is 2. The van der Waals surface area contributed by atoms with Crippen LogP contribution in [-0.4, -0.2) is 16.8 Å². The van der Waals surface area contributed by atoms with E-state index in [1.165, 1.54) is 0 Å². The van der Waals surface area contributed by atoms with Crippen LogP contribution in [0.2, 0.25) is 0 Å². The van der Waals surface area contributed by atoms with Crippen LogP contribution in [0, 0.1) is 0 Å². The Balaban J connectivity index is 2.40. The van der Waals surface area contributed by atoms with Crippen LogP contribution in [0.5, 0.6) is 0 Å². The van der Waals surface area contributed by atoms with Gasteiger partial charge in [0.25, 0.3) is 0 Å². The van der Waals surface area contributed by atoms with Gasteiger partial charge in [-0.15, -0.1) is 0 Å². The van der Waals surface area contributed by atoms with Crippen molar-refractivity contribution in [2.75, 3.05) is 6.54 Å². The Hall–Kier alpha value is 0.0700. The molecule has 1 rings (SSSR count). The summed E-state index contributed by atoms with van der Waals surface area (Å²) in [5, 5.41) is 0. The van der Waals surface area contributed by atoms with Gasteiger partial charge in [-0.2, -0.15) is 0 Å². The molecule has 0 amide bonds. The van der Waals surface area contributed by atoms with Gasteiger partial charge in [0.1, 0.15) is 0 Å². The van der Waals surface area contributed by atoms with Gasteiger partial charge in [0, 0.05) is 12.6 Å². The second-order valence-electron chi connectivity index (χ2n) is 1.64. The van der Waals surface area contributed by atoms with E-state index >= 15 is 0 Å². The SMILES string of the molecule is CC1CNS(=O)N1. The van der Waals surface area contributed by atoms with E-state index in [2.05, 4.69) is 9.44 Å². The van der Waals surface area contributed by atoms with Crippen molar-refractivity contribution in [3.63, 3.8) is 0 Å². The van der Waals surface area contributed by atoms with Crippen LogP contribution in [0.1, 0.15) is 6.92 Å². The highest BCUT2D eigenvalue weighted by Crippen LogP contribution is 1.87. The van der Waals surface area contributed by atoms with Crippen LogP contribution in [0.15, 0.2) is 0 Å². The van der Waals surface area contributed by atoms with Gasteiger partial charge in [-0.3, -0.25) is 0 Å². The monoisotopic (exact) mass is 120 g/mol. The summed E-state index contributed by atoms with van der Waals surface area (Å²) in [5.74, 6) is 0. The fraction of sp³-hybridized carbons (Fsp3) is 1.00. The highest BCUT2D eigenvalue weighted by Gasteiger charge is 2.12. The molecular weight excluding hydrogens is 112 g/mol. The maximum atomic E-state index is 10.3. The largest absolute Gasteiger partial charge is 0.225 e. The quantitative estimate of drug-likeness (QED) is 0.429. The average molecular weight is 120 g/mol. The molecule has 0 radical (unpaired) electrons. The molecule has 1 saturated heterocycles. The Morgan fingerprint density at radius 2 is 2.57 bits per heavy atom. The van der Waals surface area contributed by atoms with E-state index in [0.717, 1.165) is 6.54 Å². The van der Waals surface area contributed by atoms with Gasteiger partial charge in [-0.25, -0.2) is 13.7 Å². The first-order chi connectivity index (χ1) is 3.29. The van der Waals surface area contributed by atoms with Crippen molar-refractivity contribution in [1.29, 1.82) is 0 Å². The van der Waals surface area contributed by atoms with Crippen LogP contribution in [-0.2, 0) is 11.2 Å². The van der Waals surface area contributed by atoms with E-state index in [1.807, 2.05) is 6.92 Å². The van der Waals surface area contributed by atoms with Crippen molar-refractivity contribution >= 4 is 11.2 Å². The highest BCUT2D eigenvalue weighted by molar-refractivity contribution is 7.81. The summed E-state index contributed by atoms with van der Waals surface area (Å²) in [7, 11) is 0. The topological polar surface area (TPSA) is 41.1 Å². The highest BCUT2D eigenvalue weighted by atomic mass is 32.2. The van der Waals surface area contributed by atoms with E-state index in [0.29, 0.717) is 6.04 Å². The van der Waals surface area contributed by atoms with Gasteiger partial charge >= 0.3 is 0 Å². The summed E-state index contributed by atoms with van der Waals surface area (Å²) in [5.41, 5.74) is 0. The molecule has 7 heavy (non-hydrogen) atoms. The number of hydrogen-bond acceptors (Lipinski definition) is 1. The van der Waals surface area contributed by atoms with Crippen molar-refractivity contribution in [2.24, 2.45) is 0 Å². The van der Waals surface area contributed by atoms with Crippen molar-refractivity contribution in [3.05, 3.63) is 0 Å². The summed E-state index contributed by atoms with van der Waals surface area (Å²) in [6.07, 6.45) is 0. The third kappa shape index (κ3) is 1.22. The van der Waals surface area contributed by atoms with Crippen LogP contribution < -0.4 is 9.44 Å². The van der Waals surface area contributed by atoms with Crippen molar-refractivity contribution in [3.8, 4) is 0 Å². The van der Waals surface area contributed by atoms with Gasteiger partial charge in [-0.05, 0) is 6.92 Å². The summed E-state index contributed by atoms with van der Waals surface area (Å²) in [4.78, 5) is 0. The molecule has 2 N–H and O–H groups in total. The van der Waals surface area contributed by atoms with Crippen LogP contribution >= 0.6 is 0 Å². The lowest BCUT2D eigenvalue weighted by Crippen LogP contribution is -2.19. The van der Waals surface area contributed by atoms with E-state index in [4.69, 9.17) is 0 Å². The van der Waals surface area contributed by atoms with Gasteiger partial charge in [-0.1, -0.05) is 0 Å². The van der Waals surface area contributed by atoms with Crippen LogP contribution in [0.25, 0.3) is 0 Å². The zero-order valence-corrected chi connectivity index (χ0v) is 4.92. The Labute approximate surface area is 45.2 Å². The predicted molar refractivity (Wildman–Crippen MR) is 28.7 cm³/mol. The van der Waals surface area contributed by atoms with Gasteiger partial charge in [0.2, 0.25) is 0 Å². The lowest BCUT2D eigenvalue weighted by molar-refractivity contribution is 0.673. The Morgan fingerprint density at radius 3 is 2.71 bits per heavy atom. The maximum absolute atomic E-state index is 10.3. The molecule has 0 aromatic carbocycles. The Kier molecular flexibility index (Phi) is 1.41. The van der Waals surface area contributed by atoms with Crippen molar-refractivity contribution < 1.29 is 4.21 Å². The van der Waals surface area contributed by atoms with Crippen molar-refractivity contribution in [2.45, 2.75) is 13.0 Å². The smallest absolute Gasteiger partial charge is 0.167 e. The minimum Gasteiger partial charge on any atom is -0.225 e. The molecule has 0 aromatic rings. The zero-order valence-electron chi connectivity index (χ0n) is 4.10. The normalized spacial score (nSPS) is 41.9. The molecule has 42 valence electrons. The predicted octanol–water partition coefficient (Wildman–Crippen LogP) is -0.854. The maximum Gasteiger partial charge on any atom is 0.167 e. The van der Waals surface area contributed by atoms with Crippen LogP contribution in [0.3, 0.4) is 0 Å². The molecule has 0 aliphatic carbocycles. The van der Waals surface area contributed by atoms with Crippen molar-refractivity contribution in [1.82, 2.24) is 9.44 Å². The molecule has 0 aromatic heterocycles.